The molecule has 0 unspecified atom stereocenters. The number of para-hydroxylation sites is 1. The minimum absolute atomic E-state index is 0.914. The summed E-state index contributed by atoms with van der Waals surface area (Å²) in [6, 6.07) is 82.9. The van der Waals surface area contributed by atoms with Crippen molar-refractivity contribution >= 4 is 49.6 Å². The van der Waals surface area contributed by atoms with Gasteiger partial charge in [-0.25, -0.2) is 0 Å². The smallest absolute Gasteiger partial charge is 0.138 e. The quantitative estimate of drug-likeness (QED) is 0.143. The lowest BCUT2D eigenvalue weighted by atomic mass is 9.93. The van der Waals surface area contributed by atoms with Gasteiger partial charge in [0.05, 0.1) is 0 Å². The van der Waals surface area contributed by atoms with E-state index in [1.165, 1.54) is 54.9 Å². The Hall–Kier alpha value is -7.94. The lowest BCUT2D eigenvalue weighted by Crippen LogP contribution is -2.09. The maximum atomic E-state index is 6.35. The zero-order valence-electron chi connectivity index (χ0n) is 33.8. The fourth-order valence-electron chi connectivity index (χ4n) is 8.91. The Balaban J connectivity index is 0.956. The number of furan rings is 1. The molecule has 0 amide bonds. The Labute approximate surface area is 356 Å². The number of rotatable bonds is 8. The maximum absolute atomic E-state index is 6.35. The van der Waals surface area contributed by atoms with Gasteiger partial charge in [0.25, 0.3) is 0 Å². The standard InChI is InChI=1S/C59H41NO/c1-40-53-17-9-10-21-58(53)61-59(40)49-16-11-15-47(38-49)45-28-34-51(35-29-45)60(50-32-26-44(27-33-50)43-24-22-42(23-25-43)41-12-3-2-4-13-41)52-36-30-46(31-37-52)57-39-48-14-5-6-18-54(48)55-19-7-8-20-56(55)57/h2-39H,1H3. The number of anilines is 3. The molecule has 0 atom stereocenters. The van der Waals surface area contributed by atoms with Crippen molar-refractivity contribution in [2.45, 2.75) is 6.92 Å². The highest BCUT2D eigenvalue weighted by atomic mass is 16.3. The Morgan fingerprint density at radius 3 is 1.38 bits per heavy atom. The van der Waals surface area contributed by atoms with Gasteiger partial charge in [-0.1, -0.05) is 176 Å². The molecular formula is C59H41NO. The molecule has 0 aliphatic carbocycles. The van der Waals surface area contributed by atoms with Crippen LogP contribution in [0.4, 0.5) is 17.1 Å². The van der Waals surface area contributed by atoms with E-state index >= 15 is 0 Å². The fourth-order valence-corrected chi connectivity index (χ4v) is 8.91. The van der Waals surface area contributed by atoms with Gasteiger partial charge in [-0.2, -0.15) is 0 Å². The summed E-state index contributed by atoms with van der Waals surface area (Å²) in [5, 5.41) is 6.21. The van der Waals surface area contributed by atoms with Gasteiger partial charge in [-0.3, -0.25) is 0 Å². The van der Waals surface area contributed by atoms with E-state index in [1.54, 1.807) is 0 Å². The Morgan fingerprint density at radius 1 is 0.311 bits per heavy atom. The van der Waals surface area contributed by atoms with E-state index in [0.717, 1.165) is 56.0 Å². The topological polar surface area (TPSA) is 16.4 Å². The summed E-state index contributed by atoms with van der Waals surface area (Å²) in [5.41, 5.74) is 15.9. The molecule has 2 heteroatoms. The summed E-state index contributed by atoms with van der Waals surface area (Å²) in [6.45, 7) is 2.14. The third-order valence-electron chi connectivity index (χ3n) is 12.1. The van der Waals surface area contributed by atoms with E-state index in [2.05, 4.69) is 230 Å². The Kier molecular flexibility index (Phi) is 9.09. The largest absolute Gasteiger partial charge is 0.456 e. The van der Waals surface area contributed by atoms with E-state index in [0.29, 0.717) is 0 Å². The average molecular weight is 780 g/mol. The fraction of sp³-hybridized carbons (Fsp3) is 0.0169. The Morgan fingerprint density at radius 2 is 0.754 bits per heavy atom. The van der Waals surface area contributed by atoms with E-state index in [9.17, 15) is 0 Å². The molecule has 0 fully saturated rings. The normalized spacial score (nSPS) is 11.4. The van der Waals surface area contributed by atoms with E-state index in [4.69, 9.17) is 4.42 Å². The van der Waals surface area contributed by atoms with E-state index in [1.807, 2.05) is 12.1 Å². The molecule has 61 heavy (non-hydrogen) atoms. The lowest BCUT2D eigenvalue weighted by molar-refractivity contribution is 0.629. The summed E-state index contributed by atoms with van der Waals surface area (Å²) < 4.78 is 6.35. The summed E-state index contributed by atoms with van der Waals surface area (Å²) in [4.78, 5) is 2.35. The first-order chi connectivity index (χ1) is 30.1. The summed E-state index contributed by atoms with van der Waals surface area (Å²) in [6.07, 6.45) is 0. The van der Waals surface area contributed by atoms with Crippen molar-refractivity contribution in [1.82, 2.24) is 0 Å². The number of nitrogens with zero attached hydrogens (tertiary/aromatic N) is 1. The molecule has 0 aliphatic rings. The van der Waals surface area contributed by atoms with Crippen molar-refractivity contribution in [1.29, 1.82) is 0 Å². The summed E-state index contributed by atoms with van der Waals surface area (Å²) >= 11 is 0. The molecule has 0 N–H and O–H groups in total. The number of hydrogen-bond donors (Lipinski definition) is 0. The van der Waals surface area contributed by atoms with Crippen molar-refractivity contribution in [2.24, 2.45) is 0 Å². The molecule has 0 saturated heterocycles. The van der Waals surface area contributed by atoms with Crippen LogP contribution in [-0.4, -0.2) is 0 Å². The minimum atomic E-state index is 0.914. The van der Waals surface area contributed by atoms with Crippen LogP contribution < -0.4 is 4.90 Å². The minimum Gasteiger partial charge on any atom is -0.456 e. The van der Waals surface area contributed by atoms with Crippen LogP contribution in [-0.2, 0) is 0 Å². The van der Waals surface area contributed by atoms with Crippen LogP contribution in [0, 0.1) is 6.92 Å². The lowest BCUT2D eigenvalue weighted by Gasteiger charge is -2.26. The number of aryl methyl sites for hydroxylation is 1. The van der Waals surface area contributed by atoms with Gasteiger partial charge in [-0.05, 0) is 128 Å². The predicted molar refractivity (Wildman–Crippen MR) is 258 cm³/mol. The zero-order valence-corrected chi connectivity index (χ0v) is 33.8. The predicted octanol–water partition coefficient (Wildman–Crippen LogP) is 16.9. The van der Waals surface area contributed by atoms with Crippen LogP contribution in [0.1, 0.15) is 5.56 Å². The van der Waals surface area contributed by atoms with E-state index in [-0.39, 0.29) is 0 Å². The highest BCUT2D eigenvalue weighted by molar-refractivity contribution is 6.13. The second-order valence-corrected chi connectivity index (χ2v) is 15.7. The summed E-state index contributed by atoms with van der Waals surface area (Å²) in [5.74, 6) is 0.918. The van der Waals surface area contributed by atoms with Crippen LogP contribution in [0.3, 0.4) is 0 Å². The molecule has 11 rings (SSSR count). The molecular weight excluding hydrogens is 739 g/mol. The molecule has 0 aliphatic heterocycles. The maximum Gasteiger partial charge on any atom is 0.138 e. The highest BCUT2D eigenvalue weighted by Crippen LogP contribution is 2.41. The van der Waals surface area contributed by atoms with Crippen LogP contribution in [0.2, 0.25) is 0 Å². The third kappa shape index (κ3) is 6.75. The molecule has 0 spiro atoms. The third-order valence-corrected chi connectivity index (χ3v) is 12.1. The van der Waals surface area contributed by atoms with Crippen LogP contribution >= 0.6 is 0 Å². The molecule has 0 bridgehead atoms. The van der Waals surface area contributed by atoms with Gasteiger partial charge in [-0.15, -0.1) is 0 Å². The number of fused-ring (bicyclic) bond motifs is 4. The first-order valence-electron chi connectivity index (χ1n) is 20.9. The second-order valence-electron chi connectivity index (χ2n) is 15.7. The first-order valence-corrected chi connectivity index (χ1v) is 20.9. The van der Waals surface area contributed by atoms with Crippen LogP contribution in [0.25, 0.3) is 88.3 Å². The molecule has 2 nitrogen and oxygen atoms in total. The van der Waals surface area contributed by atoms with Crippen molar-refractivity contribution in [3.63, 3.8) is 0 Å². The highest BCUT2D eigenvalue weighted by Gasteiger charge is 2.17. The van der Waals surface area contributed by atoms with Gasteiger partial charge < -0.3 is 9.32 Å². The molecule has 288 valence electrons. The molecule has 0 radical (unpaired) electrons. The number of benzene rings is 10. The zero-order chi connectivity index (χ0) is 40.7. The van der Waals surface area contributed by atoms with Gasteiger partial charge in [0.1, 0.15) is 11.3 Å². The average Bonchev–Trinajstić information content (AvgIpc) is 3.68. The van der Waals surface area contributed by atoms with Crippen molar-refractivity contribution in [3.05, 3.63) is 236 Å². The van der Waals surface area contributed by atoms with E-state index < -0.39 is 0 Å². The summed E-state index contributed by atoms with van der Waals surface area (Å²) in [7, 11) is 0. The van der Waals surface area contributed by atoms with Gasteiger partial charge in [0.2, 0.25) is 0 Å². The molecule has 10 aromatic carbocycles. The van der Waals surface area contributed by atoms with Gasteiger partial charge >= 0.3 is 0 Å². The van der Waals surface area contributed by atoms with Gasteiger partial charge in [0.15, 0.2) is 0 Å². The first kappa shape index (κ1) is 36.2. The number of hydrogen-bond acceptors (Lipinski definition) is 2. The molecule has 1 aromatic heterocycles. The van der Waals surface area contributed by atoms with Crippen molar-refractivity contribution in [2.75, 3.05) is 4.90 Å². The monoisotopic (exact) mass is 779 g/mol. The molecule has 11 aromatic rings. The van der Waals surface area contributed by atoms with Gasteiger partial charge in [0, 0.05) is 33.6 Å². The molecule has 0 saturated carbocycles. The Bertz CT molecular complexity index is 3320. The second kappa shape index (κ2) is 15.3. The molecule has 1 heterocycles. The van der Waals surface area contributed by atoms with Crippen LogP contribution in [0.5, 0.6) is 0 Å². The van der Waals surface area contributed by atoms with Crippen molar-refractivity contribution < 1.29 is 4.42 Å². The van der Waals surface area contributed by atoms with Crippen LogP contribution in [0.15, 0.2) is 235 Å². The van der Waals surface area contributed by atoms with Crippen molar-refractivity contribution in [3.8, 4) is 55.8 Å². The SMILES string of the molecule is Cc1c(-c2cccc(-c3ccc(N(c4ccc(-c5ccc(-c6ccccc6)cc5)cc4)c4ccc(-c5cc6ccccc6c6ccccc56)cc4)cc3)c2)oc2ccccc12.